The van der Waals surface area contributed by atoms with Crippen LogP contribution >= 0.6 is 0 Å². The van der Waals surface area contributed by atoms with Crippen LogP contribution in [0.2, 0.25) is 0 Å². The van der Waals surface area contributed by atoms with Crippen LogP contribution < -0.4 is 0 Å². The number of ether oxygens (including phenoxy) is 2. The highest BCUT2D eigenvalue weighted by molar-refractivity contribution is 4.83. The maximum absolute atomic E-state index is 9.53. The van der Waals surface area contributed by atoms with Crippen LogP contribution in [0.25, 0.3) is 0 Å². The molecule has 0 bridgehead atoms. The first-order chi connectivity index (χ1) is 5.65. The molecule has 3 nitrogen and oxygen atoms in total. The molecule has 0 aliphatic carbocycles. The molecule has 0 aromatic rings. The third-order valence-electron chi connectivity index (χ3n) is 2.33. The third-order valence-corrected chi connectivity index (χ3v) is 2.33. The van der Waals surface area contributed by atoms with Crippen molar-refractivity contribution in [3.63, 3.8) is 0 Å². The molecule has 0 aromatic heterocycles. The summed E-state index contributed by atoms with van der Waals surface area (Å²) < 4.78 is 10.5. The summed E-state index contributed by atoms with van der Waals surface area (Å²) in [6.45, 7) is 4.70. The van der Waals surface area contributed by atoms with Crippen molar-refractivity contribution in [2.75, 3.05) is 13.7 Å². The van der Waals surface area contributed by atoms with E-state index in [1.807, 2.05) is 0 Å². The Morgan fingerprint density at radius 2 is 2.25 bits per heavy atom. The van der Waals surface area contributed by atoms with E-state index in [9.17, 15) is 5.11 Å². The van der Waals surface area contributed by atoms with Gasteiger partial charge >= 0.3 is 0 Å². The molecule has 3 atom stereocenters. The first-order valence-corrected chi connectivity index (χ1v) is 4.47. The largest absolute Gasteiger partial charge is 0.390 e. The second-order valence-electron chi connectivity index (χ2n) is 3.72. The van der Waals surface area contributed by atoms with Gasteiger partial charge in [0.05, 0.1) is 18.8 Å². The average molecular weight is 174 g/mol. The number of aliphatic hydroxyl groups is 1. The summed E-state index contributed by atoms with van der Waals surface area (Å²) in [5.74, 6) is 0.474. The Balaban J connectivity index is 2.39. The van der Waals surface area contributed by atoms with Crippen LogP contribution in [-0.4, -0.2) is 37.1 Å². The lowest BCUT2D eigenvalue weighted by atomic mass is 10.0. The van der Waals surface area contributed by atoms with E-state index in [4.69, 9.17) is 9.47 Å². The van der Waals surface area contributed by atoms with Gasteiger partial charge in [0.2, 0.25) is 0 Å². The summed E-state index contributed by atoms with van der Waals surface area (Å²) in [4.78, 5) is 0. The van der Waals surface area contributed by atoms with Gasteiger partial charge in [-0.15, -0.1) is 0 Å². The summed E-state index contributed by atoms with van der Waals surface area (Å²) in [6.07, 6.45) is 0.464. The Bertz CT molecular complexity index is 136. The molecule has 0 saturated carbocycles. The fourth-order valence-electron chi connectivity index (χ4n) is 1.50. The molecular weight excluding hydrogens is 156 g/mol. The Morgan fingerprint density at radius 1 is 1.58 bits per heavy atom. The predicted octanol–water partition coefficient (Wildman–Crippen LogP) is 0.807. The normalized spacial score (nSPS) is 36.2. The van der Waals surface area contributed by atoms with E-state index in [0.29, 0.717) is 12.5 Å². The van der Waals surface area contributed by atoms with Gasteiger partial charge in [0.1, 0.15) is 6.10 Å². The third kappa shape index (κ3) is 2.19. The van der Waals surface area contributed by atoms with E-state index >= 15 is 0 Å². The highest BCUT2D eigenvalue weighted by Crippen LogP contribution is 2.25. The predicted molar refractivity (Wildman–Crippen MR) is 46.0 cm³/mol. The highest BCUT2D eigenvalue weighted by atomic mass is 16.6. The van der Waals surface area contributed by atoms with Crippen molar-refractivity contribution in [1.82, 2.24) is 0 Å². The molecule has 12 heavy (non-hydrogen) atoms. The number of methoxy groups -OCH3 is 1. The van der Waals surface area contributed by atoms with Gasteiger partial charge in [-0.05, 0) is 5.92 Å². The molecule has 72 valence electrons. The topological polar surface area (TPSA) is 38.7 Å². The molecule has 1 aliphatic heterocycles. The maximum atomic E-state index is 9.53. The minimum Gasteiger partial charge on any atom is -0.390 e. The summed E-state index contributed by atoms with van der Waals surface area (Å²) in [6, 6.07) is 0. The van der Waals surface area contributed by atoms with E-state index < -0.39 is 0 Å². The van der Waals surface area contributed by atoms with Crippen molar-refractivity contribution in [2.45, 2.75) is 38.6 Å². The van der Waals surface area contributed by atoms with Gasteiger partial charge in [-0.3, -0.25) is 0 Å². The molecule has 1 heterocycles. The maximum Gasteiger partial charge on any atom is 0.107 e. The second kappa shape index (κ2) is 4.21. The molecule has 3 unspecified atom stereocenters. The van der Waals surface area contributed by atoms with Gasteiger partial charge in [0.25, 0.3) is 0 Å². The fraction of sp³-hybridized carbons (Fsp3) is 1.00. The molecule has 0 aromatic carbocycles. The Kier molecular flexibility index (Phi) is 3.50. The zero-order chi connectivity index (χ0) is 9.14. The molecule has 1 fully saturated rings. The van der Waals surface area contributed by atoms with Gasteiger partial charge in [-0.25, -0.2) is 0 Å². The van der Waals surface area contributed by atoms with E-state index in [2.05, 4.69) is 13.8 Å². The highest BCUT2D eigenvalue weighted by Gasteiger charge is 2.34. The molecule has 1 N–H and O–H groups in total. The summed E-state index contributed by atoms with van der Waals surface area (Å²) in [5.41, 5.74) is 0. The minimum atomic E-state index is -0.350. The molecule has 1 saturated heterocycles. The lowest BCUT2D eigenvalue weighted by Gasteiger charge is -2.15. The molecule has 0 amide bonds. The number of aliphatic hydroxyl groups excluding tert-OH is 1. The van der Waals surface area contributed by atoms with Crippen LogP contribution in [0.1, 0.15) is 20.3 Å². The smallest absolute Gasteiger partial charge is 0.107 e. The summed E-state index contributed by atoms with van der Waals surface area (Å²) in [7, 11) is 1.62. The van der Waals surface area contributed by atoms with Gasteiger partial charge < -0.3 is 14.6 Å². The molecule has 1 aliphatic rings. The van der Waals surface area contributed by atoms with E-state index in [1.54, 1.807) is 7.11 Å². The molecule has 1 rings (SSSR count). The Morgan fingerprint density at radius 3 is 2.67 bits per heavy atom. The van der Waals surface area contributed by atoms with Gasteiger partial charge in [-0.2, -0.15) is 0 Å². The first-order valence-electron chi connectivity index (χ1n) is 4.47. The monoisotopic (exact) mass is 174 g/mol. The van der Waals surface area contributed by atoms with Crippen LogP contribution in [0.3, 0.4) is 0 Å². The second-order valence-corrected chi connectivity index (χ2v) is 3.72. The van der Waals surface area contributed by atoms with Crippen molar-refractivity contribution in [1.29, 1.82) is 0 Å². The number of hydrogen-bond donors (Lipinski definition) is 1. The van der Waals surface area contributed by atoms with Crippen molar-refractivity contribution < 1.29 is 14.6 Å². The lowest BCUT2D eigenvalue weighted by Crippen LogP contribution is -2.26. The van der Waals surface area contributed by atoms with E-state index in [1.165, 1.54) is 0 Å². The van der Waals surface area contributed by atoms with Gasteiger partial charge in [0.15, 0.2) is 0 Å². The summed E-state index contributed by atoms with van der Waals surface area (Å²) >= 11 is 0. The zero-order valence-corrected chi connectivity index (χ0v) is 7.99. The van der Waals surface area contributed by atoms with Crippen LogP contribution in [0.15, 0.2) is 0 Å². The molecule has 0 spiro atoms. The van der Waals surface area contributed by atoms with Gasteiger partial charge in [0, 0.05) is 13.5 Å². The van der Waals surface area contributed by atoms with Crippen molar-refractivity contribution in [3.05, 3.63) is 0 Å². The van der Waals surface area contributed by atoms with Crippen molar-refractivity contribution in [3.8, 4) is 0 Å². The van der Waals surface area contributed by atoms with Crippen LogP contribution in [-0.2, 0) is 9.47 Å². The quantitative estimate of drug-likeness (QED) is 0.688. The van der Waals surface area contributed by atoms with E-state index in [0.717, 1.165) is 6.42 Å². The molecule has 3 heteroatoms. The van der Waals surface area contributed by atoms with Crippen molar-refractivity contribution in [2.24, 2.45) is 5.92 Å². The SMILES string of the molecule is COCC1OC(C(C)C)CC1O. The average Bonchev–Trinajstić information content (AvgIpc) is 2.34. The van der Waals surface area contributed by atoms with E-state index in [-0.39, 0.29) is 18.3 Å². The van der Waals surface area contributed by atoms with Crippen LogP contribution in [0.5, 0.6) is 0 Å². The standard InChI is InChI=1S/C9H18O3/c1-6(2)8-4-7(10)9(12-8)5-11-3/h6-10H,4-5H2,1-3H3. The van der Waals surface area contributed by atoms with Gasteiger partial charge in [-0.1, -0.05) is 13.8 Å². The molecule has 0 radical (unpaired) electrons. The first kappa shape index (κ1) is 9.96. The number of hydrogen-bond acceptors (Lipinski definition) is 3. The summed E-state index contributed by atoms with van der Waals surface area (Å²) in [5, 5.41) is 9.53. The fourth-order valence-corrected chi connectivity index (χ4v) is 1.50. The minimum absolute atomic E-state index is 0.123. The zero-order valence-electron chi connectivity index (χ0n) is 7.99. The Labute approximate surface area is 73.7 Å². The van der Waals surface area contributed by atoms with Crippen molar-refractivity contribution >= 4 is 0 Å². The molecular formula is C9H18O3. The van der Waals surface area contributed by atoms with Crippen LogP contribution in [0, 0.1) is 5.92 Å². The van der Waals surface area contributed by atoms with Crippen LogP contribution in [0.4, 0.5) is 0 Å². The number of rotatable bonds is 3. The lowest BCUT2D eigenvalue weighted by molar-refractivity contribution is -0.0434. The Hall–Kier alpha value is -0.120.